The van der Waals surface area contributed by atoms with Gasteiger partial charge in [0.25, 0.3) is 0 Å². The first-order chi connectivity index (χ1) is 14.1. The third kappa shape index (κ3) is 3.01. The number of rotatable bonds is 2. The number of likely N-dealkylation sites (tertiary alicyclic amines) is 1. The minimum Gasteiger partial charge on any atom is -0.333 e. The quantitative estimate of drug-likeness (QED) is 0.836. The predicted molar refractivity (Wildman–Crippen MR) is 107 cm³/mol. The number of aromatic nitrogens is 3. The van der Waals surface area contributed by atoms with Crippen LogP contribution in [0, 0.1) is 23.6 Å². The molecule has 4 saturated carbocycles. The van der Waals surface area contributed by atoms with Crippen LogP contribution in [-0.2, 0) is 0 Å². The fourth-order valence-corrected chi connectivity index (χ4v) is 7.07. The van der Waals surface area contributed by atoms with Gasteiger partial charge in [-0.25, -0.2) is 13.9 Å². The SMILES string of the molecule is O=C(NC12CC3CC(CC(C3)C1)C2)N1CCC(n2nnc3cc(F)ccc32)CC1. The number of fused-ring (bicyclic) bond motifs is 1. The van der Waals surface area contributed by atoms with Crippen molar-refractivity contribution in [1.29, 1.82) is 0 Å². The van der Waals surface area contributed by atoms with Crippen molar-refractivity contribution in [3.63, 3.8) is 0 Å². The van der Waals surface area contributed by atoms with Gasteiger partial charge >= 0.3 is 6.03 Å². The zero-order valence-corrected chi connectivity index (χ0v) is 16.7. The van der Waals surface area contributed by atoms with Gasteiger partial charge in [-0.15, -0.1) is 5.10 Å². The molecular weight excluding hydrogens is 369 g/mol. The van der Waals surface area contributed by atoms with Crippen LogP contribution in [-0.4, -0.2) is 44.6 Å². The van der Waals surface area contributed by atoms with Gasteiger partial charge in [0, 0.05) is 24.7 Å². The van der Waals surface area contributed by atoms with E-state index in [0.717, 1.165) is 49.2 Å². The molecule has 1 aliphatic heterocycles. The molecule has 0 spiro atoms. The minimum atomic E-state index is -0.291. The van der Waals surface area contributed by atoms with Crippen LogP contribution in [0.3, 0.4) is 0 Å². The van der Waals surface area contributed by atoms with Crippen molar-refractivity contribution in [2.45, 2.75) is 62.9 Å². The molecule has 1 aromatic carbocycles. The second kappa shape index (κ2) is 6.41. The second-order valence-corrected chi connectivity index (χ2v) is 10.0. The van der Waals surface area contributed by atoms with Gasteiger partial charge in [-0.2, -0.15) is 0 Å². The third-order valence-electron chi connectivity index (χ3n) is 7.94. The highest BCUT2D eigenvalue weighted by molar-refractivity contribution is 5.76. The number of benzene rings is 1. The average Bonchev–Trinajstić information content (AvgIpc) is 3.09. The van der Waals surface area contributed by atoms with E-state index < -0.39 is 0 Å². The molecular formula is C22H28FN5O. The Morgan fingerprint density at radius 2 is 1.72 bits per heavy atom. The van der Waals surface area contributed by atoms with E-state index in [1.807, 2.05) is 9.58 Å². The molecule has 7 rings (SSSR count). The van der Waals surface area contributed by atoms with E-state index in [2.05, 4.69) is 15.6 Å². The van der Waals surface area contributed by atoms with Crippen LogP contribution in [0.1, 0.15) is 57.4 Å². The van der Waals surface area contributed by atoms with Gasteiger partial charge in [-0.3, -0.25) is 0 Å². The molecule has 5 fully saturated rings. The lowest BCUT2D eigenvalue weighted by atomic mass is 9.53. The van der Waals surface area contributed by atoms with Crippen molar-refractivity contribution < 1.29 is 9.18 Å². The molecule has 0 unspecified atom stereocenters. The number of urea groups is 1. The molecule has 154 valence electrons. The van der Waals surface area contributed by atoms with Crippen molar-refractivity contribution in [3.05, 3.63) is 24.0 Å². The molecule has 2 heterocycles. The summed E-state index contributed by atoms with van der Waals surface area (Å²) in [7, 11) is 0. The number of piperidine rings is 1. The lowest BCUT2D eigenvalue weighted by molar-refractivity contribution is -0.0161. The average molecular weight is 397 g/mol. The number of carbonyl (C=O) groups is 1. The fourth-order valence-electron chi connectivity index (χ4n) is 7.07. The molecule has 1 aromatic heterocycles. The molecule has 1 saturated heterocycles. The number of hydrogen-bond donors (Lipinski definition) is 1. The van der Waals surface area contributed by atoms with Gasteiger partial charge in [0.2, 0.25) is 0 Å². The maximum absolute atomic E-state index is 13.4. The van der Waals surface area contributed by atoms with Crippen LogP contribution in [0.15, 0.2) is 18.2 Å². The number of carbonyl (C=O) groups excluding carboxylic acids is 1. The van der Waals surface area contributed by atoms with Crippen LogP contribution in [0.5, 0.6) is 0 Å². The maximum Gasteiger partial charge on any atom is 0.317 e. The summed E-state index contributed by atoms with van der Waals surface area (Å²) in [5.74, 6) is 2.20. The van der Waals surface area contributed by atoms with E-state index in [1.54, 1.807) is 6.07 Å². The smallest absolute Gasteiger partial charge is 0.317 e. The molecule has 7 heteroatoms. The molecule has 5 aliphatic rings. The van der Waals surface area contributed by atoms with Crippen molar-refractivity contribution >= 4 is 17.1 Å². The zero-order chi connectivity index (χ0) is 19.6. The van der Waals surface area contributed by atoms with Crippen LogP contribution in [0.2, 0.25) is 0 Å². The Balaban J connectivity index is 1.11. The van der Waals surface area contributed by atoms with Gasteiger partial charge in [0.1, 0.15) is 11.3 Å². The topological polar surface area (TPSA) is 63.1 Å². The predicted octanol–water partition coefficient (Wildman–Crippen LogP) is 3.89. The fraction of sp³-hybridized carbons (Fsp3) is 0.682. The van der Waals surface area contributed by atoms with Gasteiger partial charge in [-0.1, -0.05) is 5.21 Å². The van der Waals surface area contributed by atoms with E-state index in [0.29, 0.717) is 5.52 Å². The number of hydrogen-bond acceptors (Lipinski definition) is 3. The first-order valence-electron chi connectivity index (χ1n) is 11.1. The lowest BCUT2D eigenvalue weighted by Gasteiger charge is -2.57. The van der Waals surface area contributed by atoms with Crippen LogP contribution in [0.25, 0.3) is 11.0 Å². The molecule has 2 aromatic rings. The first kappa shape index (κ1) is 17.7. The molecule has 4 bridgehead atoms. The standard InChI is InChI=1S/C22H28FN5O/c23-17-1-2-20-19(10-17)25-26-28(20)18-3-5-27(6-4-18)21(29)24-22-11-14-7-15(12-22)9-16(8-14)13-22/h1-2,10,14-16,18H,3-9,11-13H2,(H,24,29). The highest BCUT2D eigenvalue weighted by atomic mass is 19.1. The van der Waals surface area contributed by atoms with Crippen molar-refractivity contribution in [2.24, 2.45) is 17.8 Å². The van der Waals surface area contributed by atoms with Crippen molar-refractivity contribution in [1.82, 2.24) is 25.2 Å². The van der Waals surface area contributed by atoms with E-state index in [9.17, 15) is 9.18 Å². The van der Waals surface area contributed by atoms with E-state index in [4.69, 9.17) is 0 Å². The number of nitrogens with zero attached hydrogens (tertiary/aromatic N) is 4. The summed E-state index contributed by atoms with van der Waals surface area (Å²) >= 11 is 0. The Morgan fingerprint density at radius 3 is 2.38 bits per heavy atom. The Morgan fingerprint density at radius 1 is 1.07 bits per heavy atom. The largest absolute Gasteiger partial charge is 0.333 e. The molecule has 1 N–H and O–H groups in total. The summed E-state index contributed by atoms with van der Waals surface area (Å²) in [6.07, 6.45) is 9.41. The number of halogens is 1. The second-order valence-electron chi connectivity index (χ2n) is 10.0. The Kier molecular flexibility index (Phi) is 3.90. The zero-order valence-electron chi connectivity index (χ0n) is 16.7. The molecule has 6 nitrogen and oxygen atoms in total. The Labute approximate surface area is 169 Å². The van der Waals surface area contributed by atoms with Crippen LogP contribution >= 0.6 is 0 Å². The summed E-state index contributed by atoms with van der Waals surface area (Å²) in [6, 6.07) is 4.95. The molecule has 0 atom stereocenters. The highest BCUT2D eigenvalue weighted by Gasteiger charge is 2.51. The summed E-state index contributed by atoms with van der Waals surface area (Å²) in [6.45, 7) is 1.46. The van der Waals surface area contributed by atoms with E-state index in [1.165, 1.54) is 50.7 Å². The molecule has 2 amide bonds. The van der Waals surface area contributed by atoms with E-state index >= 15 is 0 Å². The Hall–Kier alpha value is -2.18. The van der Waals surface area contributed by atoms with Crippen molar-refractivity contribution in [3.8, 4) is 0 Å². The maximum atomic E-state index is 13.4. The summed E-state index contributed by atoms with van der Waals surface area (Å²) in [5.41, 5.74) is 1.52. The normalized spacial score (nSPS) is 34.1. The van der Waals surface area contributed by atoms with E-state index in [-0.39, 0.29) is 23.4 Å². The molecule has 0 radical (unpaired) electrons. The molecule has 4 aliphatic carbocycles. The van der Waals surface area contributed by atoms with Gasteiger partial charge in [0.15, 0.2) is 0 Å². The first-order valence-corrected chi connectivity index (χ1v) is 11.1. The summed E-state index contributed by atoms with van der Waals surface area (Å²) in [4.78, 5) is 15.0. The van der Waals surface area contributed by atoms with Gasteiger partial charge in [-0.05, 0) is 81.3 Å². The number of amides is 2. The van der Waals surface area contributed by atoms with Crippen LogP contribution in [0.4, 0.5) is 9.18 Å². The van der Waals surface area contributed by atoms with Crippen LogP contribution < -0.4 is 5.32 Å². The van der Waals surface area contributed by atoms with Crippen molar-refractivity contribution in [2.75, 3.05) is 13.1 Å². The number of nitrogens with one attached hydrogen (secondary N) is 1. The van der Waals surface area contributed by atoms with Gasteiger partial charge < -0.3 is 10.2 Å². The third-order valence-corrected chi connectivity index (χ3v) is 7.94. The Bertz CT molecular complexity index is 913. The lowest BCUT2D eigenvalue weighted by Crippen LogP contribution is -2.62. The summed E-state index contributed by atoms with van der Waals surface area (Å²) in [5, 5.41) is 11.9. The van der Waals surface area contributed by atoms with Gasteiger partial charge in [0.05, 0.1) is 11.6 Å². The minimum absolute atomic E-state index is 0.0643. The highest BCUT2D eigenvalue weighted by Crippen LogP contribution is 2.55. The molecule has 29 heavy (non-hydrogen) atoms. The summed E-state index contributed by atoms with van der Waals surface area (Å²) < 4.78 is 15.3. The monoisotopic (exact) mass is 397 g/mol.